The van der Waals surface area contributed by atoms with E-state index in [1.54, 1.807) is 33.8 Å². The van der Waals surface area contributed by atoms with Crippen molar-refractivity contribution < 1.29 is 67.5 Å². The van der Waals surface area contributed by atoms with Gasteiger partial charge in [-0.05, 0) is 45.6 Å². The predicted octanol–water partition coefficient (Wildman–Crippen LogP) is 0.403. The predicted molar refractivity (Wildman–Crippen MR) is 247 cm³/mol. The van der Waals surface area contributed by atoms with E-state index in [0.717, 1.165) is 22.4 Å². The molecular weight excluding hydrogens is 903 g/mol. The van der Waals surface area contributed by atoms with Crippen LogP contribution in [0.25, 0.3) is 21.9 Å². The number of nitrogens with zero attached hydrogens (tertiary/aromatic N) is 5. The Labute approximate surface area is 398 Å². The molecule has 69 heavy (non-hydrogen) atoms. The quantitative estimate of drug-likeness (QED) is 0.0424. The number of imide groups is 1. The molecule has 376 valence electrons. The third-order valence-electron chi connectivity index (χ3n) is 11.0. The van der Waals surface area contributed by atoms with E-state index >= 15 is 0 Å². The Bertz CT molecular complexity index is 2360. The van der Waals surface area contributed by atoms with E-state index in [4.69, 9.17) is 28.9 Å². The first-order chi connectivity index (χ1) is 32.9. The van der Waals surface area contributed by atoms with Crippen molar-refractivity contribution in [3.05, 3.63) is 42.2 Å². The van der Waals surface area contributed by atoms with Gasteiger partial charge in [0.1, 0.15) is 42.6 Å². The van der Waals surface area contributed by atoms with E-state index in [-0.39, 0.29) is 91.1 Å². The summed E-state index contributed by atoms with van der Waals surface area (Å²) in [7, 11) is 0. The van der Waals surface area contributed by atoms with Crippen molar-refractivity contribution in [3.8, 4) is 0 Å². The molecule has 2 aliphatic heterocycles. The number of aromatic nitrogens is 3. The van der Waals surface area contributed by atoms with Crippen molar-refractivity contribution in [3.63, 3.8) is 0 Å². The number of fused-ring (bicyclic) bond motifs is 3. The van der Waals surface area contributed by atoms with Crippen LogP contribution in [0.2, 0.25) is 0 Å². The molecule has 23 nitrogen and oxygen atoms in total. The van der Waals surface area contributed by atoms with Crippen LogP contribution in [-0.4, -0.2) is 171 Å². The number of carboxylic acid groups (broad SMARTS) is 1. The number of amides is 7. The Morgan fingerprint density at radius 2 is 1.55 bits per heavy atom. The first-order valence-electron chi connectivity index (χ1n) is 22.9. The van der Waals surface area contributed by atoms with Crippen molar-refractivity contribution in [1.29, 1.82) is 0 Å². The fourth-order valence-corrected chi connectivity index (χ4v) is 7.71. The van der Waals surface area contributed by atoms with Gasteiger partial charge in [-0.1, -0.05) is 32.0 Å². The van der Waals surface area contributed by atoms with Crippen molar-refractivity contribution in [1.82, 2.24) is 40.3 Å². The first kappa shape index (κ1) is 53.6. The van der Waals surface area contributed by atoms with E-state index < -0.39 is 83.4 Å². The van der Waals surface area contributed by atoms with E-state index in [1.165, 1.54) is 4.90 Å². The number of pyridine rings is 1. The van der Waals surface area contributed by atoms with Gasteiger partial charge in [-0.15, -0.1) is 0 Å². The Balaban J connectivity index is 1.10. The van der Waals surface area contributed by atoms with Crippen LogP contribution in [0.4, 0.5) is 5.82 Å². The highest BCUT2D eigenvalue weighted by Gasteiger charge is 2.40. The molecule has 5 rings (SSSR count). The minimum atomic E-state index is -1.48. The number of benzene rings is 1. The number of carboxylic acids is 1. The molecule has 1 aromatic carbocycles. The number of hydrogen-bond acceptors (Lipinski definition) is 15. The maximum absolute atomic E-state index is 14.1. The zero-order chi connectivity index (χ0) is 50.3. The Hall–Kier alpha value is -6.40. The molecule has 3 aromatic rings. The number of hydrogen-bond donors (Lipinski definition) is 6. The Morgan fingerprint density at radius 3 is 2.20 bits per heavy atom. The minimum absolute atomic E-state index is 0.0606. The van der Waals surface area contributed by atoms with E-state index in [2.05, 4.69) is 21.3 Å². The Morgan fingerprint density at radius 1 is 0.884 bits per heavy atom. The van der Waals surface area contributed by atoms with Crippen LogP contribution in [0.1, 0.15) is 66.1 Å². The number of anilines is 1. The van der Waals surface area contributed by atoms with Gasteiger partial charge in [0.15, 0.2) is 5.82 Å². The lowest BCUT2D eigenvalue weighted by Gasteiger charge is -2.30. The number of carbonyl (C=O) groups is 8. The summed E-state index contributed by atoms with van der Waals surface area (Å²) in [5.41, 5.74) is 0.415. The lowest BCUT2D eigenvalue weighted by Crippen LogP contribution is -2.57. The van der Waals surface area contributed by atoms with Gasteiger partial charge in [-0.25, -0.2) is 9.97 Å². The standard InChI is InChI=1S/C46H63N9O14/c1-6-66-26-33-50-40-41(55(33)27-46(4,5)65)29-10-7-8-11-30(29)49-42(40)52-44(63)39(28(2)3)51-43(62)32-12-9-17-53(32)45(64)31(24-38(60)61)48-34(56)15-18-67-20-22-69-23-21-68-19-16-47-35(57)25-54-36(58)13-14-37(54)59/h7-8,10-11,13-14,28,31-32,39,65H,6,9,12,15-27H2,1-5H3,(H,47,57)(H,48,56)(H,51,62)(H,60,61)(H,49,52,63)/t31-,32-,39-/m0/s1. The van der Waals surface area contributed by atoms with Crippen LogP contribution < -0.4 is 21.3 Å². The number of ether oxygens (including phenoxy) is 4. The highest BCUT2D eigenvalue weighted by molar-refractivity contribution is 6.14. The maximum atomic E-state index is 14.1. The van der Waals surface area contributed by atoms with Crippen molar-refractivity contribution in [2.75, 3.05) is 71.2 Å². The molecular formula is C46H63N9O14. The van der Waals surface area contributed by atoms with Crippen LogP contribution in [0.15, 0.2) is 36.4 Å². The molecule has 2 aromatic heterocycles. The molecule has 0 spiro atoms. The number of carbonyl (C=O) groups excluding carboxylic acids is 7. The molecule has 0 unspecified atom stereocenters. The third-order valence-corrected chi connectivity index (χ3v) is 11.0. The summed E-state index contributed by atoms with van der Waals surface area (Å²) in [6.45, 7) is 10.1. The van der Waals surface area contributed by atoms with Crippen LogP contribution >= 0.6 is 0 Å². The van der Waals surface area contributed by atoms with E-state index in [0.29, 0.717) is 35.4 Å². The monoisotopic (exact) mass is 965 g/mol. The first-order valence-corrected chi connectivity index (χ1v) is 22.9. The molecule has 0 radical (unpaired) electrons. The molecule has 6 N–H and O–H groups in total. The number of imidazole rings is 1. The molecule has 2 aliphatic rings. The van der Waals surface area contributed by atoms with Gasteiger partial charge in [0.2, 0.25) is 29.5 Å². The van der Waals surface area contributed by atoms with Crippen LogP contribution in [0.5, 0.6) is 0 Å². The second kappa shape index (κ2) is 25.3. The van der Waals surface area contributed by atoms with Gasteiger partial charge < -0.3 is 59.9 Å². The summed E-state index contributed by atoms with van der Waals surface area (Å²) in [5.74, 6) is -5.35. The zero-order valence-electron chi connectivity index (χ0n) is 39.6. The van der Waals surface area contributed by atoms with Gasteiger partial charge >= 0.3 is 5.97 Å². The van der Waals surface area contributed by atoms with Gasteiger partial charge in [-0.3, -0.25) is 43.3 Å². The highest BCUT2D eigenvalue weighted by atomic mass is 16.5. The van der Waals surface area contributed by atoms with Crippen molar-refractivity contribution in [2.24, 2.45) is 5.92 Å². The lowest BCUT2D eigenvalue weighted by molar-refractivity contribution is -0.146. The van der Waals surface area contributed by atoms with Gasteiger partial charge in [0, 0.05) is 43.7 Å². The number of likely N-dealkylation sites (tertiary alicyclic amines) is 1. The topological polar surface area (TPSA) is 299 Å². The third kappa shape index (κ3) is 15.3. The van der Waals surface area contributed by atoms with Crippen LogP contribution in [-0.2, 0) is 70.5 Å². The number of rotatable bonds is 28. The molecule has 0 saturated carbocycles. The summed E-state index contributed by atoms with van der Waals surface area (Å²) in [4.78, 5) is 113. The van der Waals surface area contributed by atoms with E-state index in [1.807, 2.05) is 29.7 Å². The summed E-state index contributed by atoms with van der Waals surface area (Å²) in [6, 6.07) is 3.69. The second-order valence-corrected chi connectivity index (χ2v) is 17.4. The molecule has 3 atom stereocenters. The number of para-hydroxylation sites is 1. The van der Waals surface area contributed by atoms with Crippen LogP contribution in [0.3, 0.4) is 0 Å². The smallest absolute Gasteiger partial charge is 0.305 e. The summed E-state index contributed by atoms with van der Waals surface area (Å²) in [6.07, 6.45) is 1.90. The largest absolute Gasteiger partial charge is 0.481 e. The van der Waals surface area contributed by atoms with Gasteiger partial charge in [0.05, 0.1) is 69.2 Å². The highest BCUT2D eigenvalue weighted by Crippen LogP contribution is 2.32. The zero-order valence-corrected chi connectivity index (χ0v) is 39.6. The normalized spacial score (nSPS) is 15.8. The number of nitrogens with one attached hydrogen (secondary N) is 4. The molecule has 1 saturated heterocycles. The molecule has 0 bridgehead atoms. The summed E-state index contributed by atoms with van der Waals surface area (Å²) < 4.78 is 23.8. The summed E-state index contributed by atoms with van der Waals surface area (Å²) in [5, 5.41) is 32.0. The number of aliphatic carboxylic acids is 1. The second-order valence-electron chi connectivity index (χ2n) is 17.4. The average Bonchev–Trinajstić information content (AvgIpc) is 4.01. The molecule has 23 heteroatoms. The van der Waals surface area contributed by atoms with Gasteiger partial charge in [-0.2, -0.15) is 0 Å². The molecule has 4 heterocycles. The van der Waals surface area contributed by atoms with Crippen molar-refractivity contribution >= 4 is 75.1 Å². The Kier molecular flexibility index (Phi) is 19.6. The fourth-order valence-electron chi connectivity index (χ4n) is 7.71. The maximum Gasteiger partial charge on any atom is 0.305 e. The lowest BCUT2D eigenvalue weighted by atomic mass is 10.0. The molecule has 1 fully saturated rings. The fraction of sp³-hybridized carbons (Fsp3) is 0.565. The molecule has 0 aliphatic carbocycles. The van der Waals surface area contributed by atoms with Crippen molar-refractivity contribution in [2.45, 2.75) is 97.2 Å². The van der Waals surface area contributed by atoms with E-state index in [9.17, 15) is 48.6 Å². The van der Waals surface area contributed by atoms with Gasteiger partial charge in [0.25, 0.3) is 11.8 Å². The number of aliphatic hydroxyl groups is 1. The average molecular weight is 966 g/mol. The molecule has 7 amide bonds. The van der Waals surface area contributed by atoms with Crippen LogP contribution in [0, 0.1) is 5.92 Å². The SMILES string of the molecule is CCOCc1nc2c(NC(=O)[C@@H](NC(=O)[C@@H]3CCCN3C(=O)[C@H](CC(=O)O)NC(=O)CCOCCOCCOCCNC(=O)CN3C(=O)C=CC3=O)C(C)C)nc3ccccc3c2n1CC(C)(C)O. The summed E-state index contributed by atoms with van der Waals surface area (Å²) >= 11 is 0. The minimum Gasteiger partial charge on any atom is -0.481 e.